The highest BCUT2D eigenvalue weighted by Crippen LogP contribution is 2.17. The van der Waals surface area contributed by atoms with Gasteiger partial charge in [0.25, 0.3) is 0 Å². The van der Waals surface area contributed by atoms with Gasteiger partial charge in [-0.1, -0.05) is 24.3 Å². The lowest BCUT2D eigenvalue weighted by atomic mass is 10.0. The molecule has 31 heavy (non-hydrogen) atoms. The van der Waals surface area contributed by atoms with Crippen molar-refractivity contribution in [3.8, 4) is 0 Å². The zero-order valence-electron chi connectivity index (χ0n) is 16.0. The van der Waals surface area contributed by atoms with Gasteiger partial charge < -0.3 is 10.6 Å². The molecule has 0 aliphatic carbocycles. The summed E-state index contributed by atoms with van der Waals surface area (Å²) in [7, 11) is 0. The monoisotopic (exact) mass is 542 g/mol. The van der Waals surface area contributed by atoms with Crippen LogP contribution in [0.4, 0.5) is 21.0 Å². The number of halogens is 2. The fraction of sp³-hybridized carbons (Fsp3) is 0.0476. The van der Waals surface area contributed by atoms with E-state index in [4.69, 9.17) is 0 Å². The highest BCUT2D eigenvalue weighted by molar-refractivity contribution is 9.10. The molecule has 2 aromatic carbocycles. The zero-order chi connectivity index (χ0) is 21.8. The number of carbonyl (C=O) groups is 2. The molecule has 0 unspecified atom stereocenters. The van der Waals surface area contributed by atoms with Gasteiger partial charge in [-0.2, -0.15) is 19.6 Å². The summed E-state index contributed by atoms with van der Waals surface area (Å²) in [5.74, 6) is 0. The van der Waals surface area contributed by atoms with Crippen molar-refractivity contribution in [2.45, 2.75) is 6.42 Å². The van der Waals surface area contributed by atoms with E-state index in [2.05, 4.69) is 52.7 Å². The van der Waals surface area contributed by atoms with Crippen molar-refractivity contribution >= 4 is 55.3 Å². The summed E-state index contributed by atoms with van der Waals surface area (Å²) in [5.41, 5.74) is 3.56. The molecule has 2 heterocycles. The predicted octanol–water partition coefficient (Wildman–Crippen LogP) is 5.36. The number of carbonyl (C=O) groups excluding carboxylic acids is 2. The molecule has 0 fully saturated rings. The molecule has 0 spiro atoms. The third-order valence-electron chi connectivity index (χ3n) is 4.34. The van der Waals surface area contributed by atoms with Crippen molar-refractivity contribution < 1.29 is 9.59 Å². The summed E-state index contributed by atoms with van der Waals surface area (Å²) in [6.07, 6.45) is 7.00. The number of nitrogens with one attached hydrogen (secondary N) is 2. The zero-order valence-corrected chi connectivity index (χ0v) is 19.2. The number of benzene rings is 2. The first-order valence-electron chi connectivity index (χ1n) is 9.17. The summed E-state index contributed by atoms with van der Waals surface area (Å²) < 4.78 is 3.92. The van der Waals surface area contributed by atoms with Crippen LogP contribution in [0.2, 0.25) is 0 Å². The van der Waals surface area contributed by atoms with Crippen molar-refractivity contribution in [2.24, 2.45) is 0 Å². The van der Waals surface area contributed by atoms with Gasteiger partial charge in [0.05, 0.1) is 21.3 Å². The van der Waals surface area contributed by atoms with Crippen molar-refractivity contribution in [3.05, 3.63) is 93.4 Å². The summed E-state index contributed by atoms with van der Waals surface area (Å²) in [4.78, 5) is 24.3. The maximum Gasteiger partial charge on any atom is 0.346 e. The molecular formula is C21H16Br2N6O2. The molecule has 156 valence electrons. The van der Waals surface area contributed by atoms with Crippen molar-refractivity contribution in [2.75, 3.05) is 10.6 Å². The number of hydrogen-bond acceptors (Lipinski definition) is 4. The molecule has 0 atom stereocenters. The molecule has 0 aliphatic rings. The lowest BCUT2D eigenvalue weighted by molar-refractivity contribution is 0.250. The van der Waals surface area contributed by atoms with Gasteiger partial charge in [0.1, 0.15) is 0 Å². The average Bonchev–Trinajstić information content (AvgIpc) is 3.39. The fourth-order valence-corrected chi connectivity index (χ4v) is 3.40. The van der Waals surface area contributed by atoms with Gasteiger partial charge in [-0.15, -0.1) is 0 Å². The highest BCUT2D eigenvalue weighted by Gasteiger charge is 2.08. The number of nitrogens with zero attached hydrogens (tertiary/aromatic N) is 4. The van der Waals surface area contributed by atoms with Gasteiger partial charge in [-0.25, -0.2) is 9.59 Å². The third-order valence-corrected chi connectivity index (χ3v) is 5.16. The molecule has 0 aliphatic heterocycles. The van der Waals surface area contributed by atoms with Crippen LogP contribution in [0.5, 0.6) is 0 Å². The van der Waals surface area contributed by atoms with Crippen molar-refractivity contribution in [3.63, 3.8) is 0 Å². The van der Waals surface area contributed by atoms with Gasteiger partial charge in [-0.3, -0.25) is 0 Å². The fourth-order valence-electron chi connectivity index (χ4n) is 2.83. The van der Waals surface area contributed by atoms with E-state index < -0.39 is 0 Å². The standard InChI is InChI=1S/C21H16Br2N6O2/c22-16-10-24-28(12-16)20(30)26-18-5-1-14(2-6-18)9-15-3-7-19(8-4-15)27-21(31)29-13-17(23)11-25-29/h1-8,10-13H,9H2,(H,26,30)(H,27,31). The summed E-state index contributed by atoms with van der Waals surface area (Å²) in [6.45, 7) is 0. The third kappa shape index (κ3) is 5.47. The van der Waals surface area contributed by atoms with Crippen LogP contribution < -0.4 is 10.6 Å². The quantitative estimate of drug-likeness (QED) is 0.362. The second-order valence-corrected chi connectivity index (χ2v) is 8.47. The Kier molecular flexibility index (Phi) is 6.28. The maximum atomic E-state index is 12.1. The van der Waals surface area contributed by atoms with Crippen LogP contribution in [0.15, 0.2) is 82.3 Å². The molecule has 0 bridgehead atoms. The van der Waals surface area contributed by atoms with E-state index in [9.17, 15) is 9.59 Å². The number of anilines is 2. The summed E-state index contributed by atoms with van der Waals surface area (Å²) in [5, 5.41) is 13.5. The molecular weight excluding hydrogens is 528 g/mol. The van der Waals surface area contributed by atoms with Gasteiger partial charge >= 0.3 is 12.1 Å². The number of rotatable bonds is 4. The van der Waals surface area contributed by atoms with E-state index >= 15 is 0 Å². The molecule has 4 aromatic rings. The Labute approximate surface area is 194 Å². The van der Waals surface area contributed by atoms with Crippen LogP contribution in [0.3, 0.4) is 0 Å². The molecule has 4 rings (SSSR count). The molecule has 2 N–H and O–H groups in total. The smallest absolute Gasteiger partial charge is 0.306 e. The van der Waals surface area contributed by atoms with E-state index in [-0.39, 0.29) is 12.1 Å². The highest BCUT2D eigenvalue weighted by atomic mass is 79.9. The van der Waals surface area contributed by atoms with Gasteiger partial charge in [-0.05, 0) is 73.7 Å². The van der Waals surface area contributed by atoms with Gasteiger partial charge in [0.2, 0.25) is 0 Å². The maximum absolute atomic E-state index is 12.1. The second kappa shape index (κ2) is 9.27. The molecule has 10 heteroatoms. The number of amides is 2. The van der Waals surface area contributed by atoms with Gasteiger partial charge in [0, 0.05) is 23.8 Å². The summed E-state index contributed by atoms with van der Waals surface area (Å²) >= 11 is 6.53. The first kappa shape index (κ1) is 21.0. The molecule has 0 radical (unpaired) electrons. The minimum atomic E-state index is -0.335. The van der Waals surface area contributed by atoms with E-state index in [1.165, 1.54) is 9.36 Å². The molecule has 2 amide bonds. The topological polar surface area (TPSA) is 93.8 Å². The Balaban J connectivity index is 1.33. The Hall–Kier alpha value is -3.24. The predicted molar refractivity (Wildman–Crippen MR) is 124 cm³/mol. The van der Waals surface area contributed by atoms with E-state index in [0.717, 1.165) is 26.5 Å². The first-order chi connectivity index (χ1) is 15.0. The Morgan fingerprint density at radius 3 is 1.42 bits per heavy atom. The van der Waals surface area contributed by atoms with E-state index in [0.29, 0.717) is 11.4 Å². The van der Waals surface area contributed by atoms with Crippen LogP contribution in [-0.4, -0.2) is 31.6 Å². The minimum Gasteiger partial charge on any atom is -0.306 e. The number of hydrogen-bond donors (Lipinski definition) is 2. The molecule has 2 aromatic heterocycles. The lowest BCUT2D eigenvalue weighted by Gasteiger charge is -2.08. The van der Waals surface area contributed by atoms with Crippen LogP contribution in [0, 0.1) is 0 Å². The molecule has 0 saturated heterocycles. The largest absolute Gasteiger partial charge is 0.346 e. The van der Waals surface area contributed by atoms with E-state index in [1.54, 1.807) is 24.8 Å². The minimum absolute atomic E-state index is 0.335. The van der Waals surface area contributed by atoms with Crippen LogP contribution in [0.25, 0.3) is 0 Å². The summed E-state index contributed by atoms with van der Waals surface area (Å²) in [6, 6.07) is 14.6. The number of aromatic nitrogens is 4. The normalized spacial score (nSPS) is 10.6. The van der Waals surface area contributed by atoms with Crippen molar-refractivity contribution in [1.29, 1.82) is 0 Å². The van der Waals surface area contributed by atoms with Gasteiger partial charge in [0.15, 0.2) is 0 Å². The Morgan fingerprint density at radius 2 is 1.10 bits per heavy atom. The average molecular weight is 544 g/mol. The second-order valence-electron chi connectivity index (χ2n) is 6.64. The SMILES string of the molecule is O=C(Nc1ccc(Cc2ccc(NC(=O)n3cc(Br)cn3)cc2)cc1)n1cc(Br)cn1. The Bertz CT molecular complexity index is 1120. The van der Waals surface area contributed by atoms with Crippen LogP contribution in [-0.2, 0) is 6.42 Å². The van der Waals surface area contributed by atoms with Crippen LogP contribution in [0.1, 0.15) is 11.1 Å². The van der Waals surface area contributed by atoms with Crippen LogP contribution >= 0.6 is 31.9 Å². The molecule has 0 saturated carbocycles. The molecule has 8 nitrogen and oxygen atoms in total. The van der Waals surface area contributed by atoms with E-state index in [1.807, 2.05) is 48.5 Å². The lowest BCUT2D eigenvalue weighted by Crippen LogP contribution is -2.19. The van der Waals surface area contributed by atoms with Crippen molar-refractivity contribution in [1.82, 2.24) is 19.6 Å². The Morgan fingerprint density at radius 1 is 0.710 bits per heavy atom. The first-order valence-corrected chi connectivity index (χ1v) is 10.8.